The molecular formula is C10H21NO4S. The first kappa shape index (κ1) is 15.4. The van der Waals surface area contributed by atoms with Crippen LogP contribution in [0.25, 0.3) is 0 Å². The number of hydrogen-bond acceptors (Lipinski definition) is 4. The molecule has 0 bridgehead atoms. The normalized spacial score (nSPS) is 16.2. The van der Waals surface area contributed by atoms with Gasteiger partial charge in [0, 0.05) is 6.04 Å². The molecule has 0 aromatic carbocycles. The maximum Gasteiger partial charge on any atom is 0.252 e. The van der Waals surface area contributed by atoms with E-state index in [9.17, 15) is 18.3 Å². The van der Waals surface area contributed by atoms with Gasteiger partial charge in [0.1, 0.15) is 0 Å². The van der Waals surface area contributed by atoms with Crippen LogP contribution in [0.2, 0.25) is 0 Å². The van der Waals surface area contributed by atoms with Crippen LogP contribution in [-0.4, -0.2) is 42.1 Å². The monoisotopic (exact) mass is 251 g/mol. The van der Waals surface area contributed by atoms with Crippen molar-refractivity contribution in [1.29, 1.82) is 0 Å². The predicted molar refractivity (Wildman–Crippen MR) is 62.8 cm³/mol. The van der Waals surface area contributed by atoms with Crippen molar-refractivity contribution in [3.63, 3.8) is 0 Å². The first-order chi connectivity index (χ1) is 6.99. The van der Waals surface area contributed by atoms with Crippen molar-refractivity contribution < 1.29 is 18.3 Å². The highest BCUT2D eigenvalue weighted by atomic mass is 32.2. The Balaban J connectivity index is 4.76. The van der Waals surface area contributed by atoms with Gasteiger partial charge in [0.2, 0.25) is 0 Å². The molecule has 0 saturated heterocycles. The van der Waals surface area contributed by atoms with E-state index in [0.717, 1.165) is 0 Å². The fraction of sp³-hybridized carbons (Fsp3) is 0.900. The Morgan fingerprint density at radius 3 is 2.06 bits per heavy atom. The van der Waals surface area contributed by atoms with Gasteiger partial charge in [0.15, 0.2) is 15.4 Å². The van der Waals surface area contributed by atoms with Gasteiger partial charge in [-0.05, 0) is 34.6 Å². The number of carbonyl (C=O) groups is 1. The number of carbonyl (C=O) groups excluding carboxylic acids is 1. The molecular weight excluding hydrogens is 230 g/mol. The Morgan fingerprint density at radius 2 is 1.75 bits per heavy atom. The summed E-state index contributed by atoms with van der Waals surface area (Å²) < 4.78 is 23.2. The van der Waals surface area contributed by atoms with Gasteiger partial charge in [-0.2, -0.15) is 0 Å². The molecule has 6 heteroatoms. The largest absolute Gasteiger partial charge is 0.379 e. The van der Waals surface area contributed by atoms with Crippen molar-refractivity contribution in [1.82, 2.24) is 5.32 Å². The van der Waals surface area contributed by atoms with Crippen LogP contribution in [0.3, 0.4) is 0 Å². The molecule has 0 rings (SSSR count). The fourth-order valence-corrected chi connectivity index (χ4v) is 2.29. The Bertz CT molecular complexity index is 344. The van der Waals surface area contributed by atoms with Crippen LogP contribution < -0.4 is 5.32 Å². The molecule has 0 saturated carbocycles. The van der Waals surface area contributed by atoms with Crippen LogP contribution in [0.15, 0.2) is 0 Å². The summed E-state index contributed by atoms with van der Waals surface area (Å²) in [5.74, 6) is -1.22. The van der Waals surface area contributed by atoms with Gasteiger partial charge < -0.3 is 10.4 Å². The SMILES string of the molecule is CC(C)NC(=O)C(C)(O)CS(=O)(=O)C(C)C. The van der Waals surface area contributed by atoms with Gasteiger partial charge in [-0.25, -0.2) is 8.42 Å². The van der Waals surface area contributed by atoms with Crippen molar-refractivity contribution in [2.75, 3.05) is 5.75 Å². The number of aliphatic hydroxyl groups is 1. The summed E-state index contributed by atoms with van der Waals surface area (Å²) in [6.45, 7) is 7.73. The minimum absolute atomic E-state index is 0.138. The van der Waals surface area contributed by atoms with Crippen molar-refractivity contribution in [2.24, 2.45) is 0 Å². The first-order valence-corrected chi connectivity index (χ1v) is 6.95. The molecule has 0 aromatic heterocycles. The predicted octanol–water partition coefficient (Wildman–Crippen LogP) is 0.0852. The van der Waals surface area contributed by atoms with Crippen LogP contribution in [-0.2, 0) is 14.6 Å². The second kappa shape index (κ2) is 5.14. The minimum atomic E-state index is -3.45. The molecule has 0 aromatic rings. The third kappa shape index (κ3) is 4.49. The molecule has 5 nitrogen and oxygen atoms in total. The molecule has 0 aliphatic rings. The molecule has 0 radical (unpaired) electrons. The quantitative estimate of drug-likeness (QED) is 0.725. The zero-order chi connectivity index (χ0) is 13.1. The van der Waals surface area contributed by atoms with Crippen molar-refractivity contribution in [2.45, 2.75) is 51.5 Å². The number of rotatable bonds is 5. The summed E-state index contributed by atoms with van der Waals surface area (Å²) in [6, 6.07) is -0.138. The Hall–Kier alpha value is -0.620. The van der Waals surface area contributed by atoms with Gasteiger partial charge in [-0.1, -0.05) is 0 Å². The van der Waals surface area contributed by atoms with E-state index < -0.39 is 32.3 Å². The average Bonchev–Trinajstić information content (AvgIpc) is 2.00. The van der Waals surface area contributed by atoms with Crippen LogP contribution in [0.4, 0.5) is 0 Å². The van der Waals surface area contributed by atoms with Crippen LogP contribution in [0.1, 0.15) is 34.6 Å². The lowest BCUT2D eigenvalue weighted by atomic mass is 10.1. The number of sulfone groups is 1. The van der Waals surface area contributed by atoms with Crippen LogP contribution >= 0.6 is 0 Å². The molecule has 0 heterocycles. The lowest BCUT2D eigenvalue weighted by molar-refractivity contribution is -0.136. The zero-order valence-electron chi connectivity index (χ0n) is 10.4. The van der Waals surface area contributed by atoms with Gasteiger partial charge in [0.05, 0.1) is 11.0 Å². The highest BCUT2D eigenvalue weighted by Gasteiger charge is 2.37. The van der Waals surface area contributed by atoms with Crippen LogP contribution in [0, 0.1) is 0 Å². The molecule has 0 aliphatic carbocycles. The smallest absolute Gasteiger partial charge is 0.252 e. The topological polar surface area (TPSA) is 83.5 Å². The number of hydrogen-bond donors (Lipinski definition) is 2. The van der Waals surface area contributed by atoms with Crippen molar-refractivity contribution in [3.05, 3.63) is 0 Å². The molecule has 1 unspecified atom stereocenters. The Labute approximate surface area is 97.2 Å². The van der Waals surface area contributed by atoms with Gasteiger partial charge in [-0.3, -0.25) is 4.79 Å². The van der Waals surface area contributed by atoms with Gasteiger partial charge in [-0.15, -0.1) is 0 Å². The van der Waals surface area contributed by atoms with E-state index in [0.29, 0.717) is 0 Å². The van der Waals surface area contributed by atoms with E-state index in [4.69, 9.17) is 0 Å². The summed E-state index contributed by atoms with van der Waals surface area (Å²) in [4.78, 5) is 11.5. The van der Waals surface area contributed by atoms with E-state index >= 15 is 0 Å². The highest BCUT2D eigenvalue weighted by Crippen LogP contribution is 2.12. The van der Waals surface area contributed by atoms with Crippen molar-refractivity contribution >= 4 is 15.7 Å². The second-order valence-corrected chi connectivity index (χ2v) is 7.32. The fourth-order valence-electron chi connectivity index (χ4n) is 1.04. The molecule has 1 amide bonds. The molecule has 96 valence electrons. The summed E-state index contributed by atoms with van der Waals surface area (Å²) >= 11 is 0. The van der Waals surface area contributed by atoms with E-state index in [1.165, 1.54) is 20.8 Å². The van der Waals surface area contributed by atoms with Gasteiger partial charge >= 0.3 is 0 Å². The Morgan fingerprint density at radius 1 is 1.31 bits per heavy atom. The molecule has 16 heavy (non-hydrogen) atoms. The van der Waals surface area contributed by atoms with E-state index in [1.54, 1.807) is 13.8 Å². The maximum absolute atomic E-state index is 11.6. The van der Waals surface area contributed by atoms with E-state index in [2.05, 4.69) is 5.32 Å². The van der Waals surface area contributed by atoms with Crippen molar-refractivity contribution in [3.8, 4) is 0 Å². The third-order valence-corrected chi connectivity index (χ3v) is 4.51. The van der Waals surface area contributed by atoms with Gasteiger partial charge in [0.25, 0.3) is 5.91 Å². The third-order valence-electron chi connectivity index (χ3n) is 2.11. The summed E-state index contributed by atoms with van der Waals surface area (Å²) in [7, 11) is -3.45. The molecule has 0 fully saturated rings. The summed E-state index contributed by atoms with van der Waals surface area (Å²) in [5, 5.41) is 11.7. The highest BCUT2D eigenvalue weighted by molar-refractivity contribution is 7.92. The molecule has 2 N–H and O–H groups in total. The Kier molecular flexibility index (Phi) is 4.94. The zero-order valence-corrected chi connectivity index (χ0v) is 11.3. The average molecular weight is 251 g/mol. The standard InChI is InChI=1S/C10H21NO4S/c1-7(2)11-9(12)10(5,13)6-16(14,15)8(3)4/h7-8,13H,6H2,1-5H3,(H,11,12). The molecule has 0 spiro atoms. The summed E-state index contributed by atoms with van der Waals surface area (Å²) in [5.41, 5.74) is -1.88. The lowest BCUT2D eigenvalue weighted by Gasteiger charge is -2.24. The lowest BCUT2D eigenvalue weighted by Crippen LogP contribution is -2.51. The van der Waals surface area contributed by atoms with Crippen LogP contribution in [0.5, 0.6) is 0 Å². The molecule has 1 atom stereocenters. The first-order valence-electron chi connectivity index (χ1n) is 5.24. The molecule has 0 aliphatic heterocycles. The number of amides is 1. The minimum Gasteiger partial charge on any atom is -0.379 e. The van der Waals surface area contributed by atoms with E-state index in [1.807, 2.05) is 0 Å². The number of nitrogens with one attached hydrogen (secondary N) is 1. The summed E-state index contributed by atoms with van der Waals surface area (Å²) in [6.07, 6.45) is 0. The second-order valence-electron chi connectivity index (χ2n) is 4.76. The van der Waals surface area contributed by atoms with E-state index in [-0.39, 0.29) is 6.04 Å². The maximum atomic E-state index is 11.6.